The molecule has 2 heterocycles. The number of amides is 3. The first-order valence-electron chi connectivity index (χ1n) is 11.9. The second-order valence-electron chi connectivity index (χ2n) is 9.23. The van der Waals surface area contributed by atoms with Crippen molar-refractivity contribution in [2.24, 2.45) is 5.92 Å². The minimum Gasteiger partial charge on any atom is -0.373 e. The number of carbonyl (C=O) groups excluding carboxylic acids is 2. The number of ether oxygens (including phenoxy) is 1. The average molecular weight is 451 g/mol. The summed E-state index contributed by atoms with van der Waals surface area (Å²) in [6, 6.07) is 16.1. The van der Waals surface area contributed by atoms with Gasteiger partial charge in [-0.25, -0.2) is 4.79 Å². The smallest absolute Gasteiger partial charge is 0.323 e. The zero-order valence-electron chi connectivity index (χ0n) is 19.5. The monoisotopic (exact) mass is 450 g/mol. The Balaban J connectivity index is 1.24. The molecule has 7 nitrogen and oxygen atoms in total. The van der Waals surface area contributed by atoms with Crippen LogP contribution in [0.15, 0.2) is 54.6 Å². The summed E-state index contributed by atoms with van der Waals surface area (Å²) in [4.78, 5) is 29.6. The summed E-state index contributed by atoms with van der Waals surface area (Å²) < 4.78 is 5.84. The van der Waals surface area contributed by atoms with Crippen LogP contribution in [-0.2, 0) is 4.74 Å². The van der Waals surface area contributed by atoms with Crippen molar-refractivity contribution in [3.8, 4) is 0 Å². The Kier molecular flexibility index (Phi) is 7.62. The molecule has 2 saturated heterocycles. The van der Waals surface area contributed by atoms with E-state index in [1.807, 2.05) is 35.2 Å². The Bertz CT molecular complexity index is 916. The number of hydrogen-bond donors (Lipinski definition) is 2. The van der Waals surface area contributed by atoms with E-state index in [9.17, 15) is 9.59 Å². The summed E-state index contributed by atoms with van der Waals surface area (Å²) in [5, 5.41) is 5.58. The van der Waals surface area contributed by atoms with Gasteiger partial charge < -0.3 is 20.3 Å². The fraction of sp³-hybridized carbons (Fsp3) is 0.462. The van der Waals surface area contributed by atoms with Crippen molar-refractivity contribution in [2.75, 3.05) is 43.4 Å². The lowest BCUT2D eigenvalue weighted by Gasteiger charge is -2.39. The van der Waals surface area contributed by atoms with E-state index in [4.69, 9.17) is 4.74 Å². The van der Waals surface area contributed by atoms with Crippen molar-refractivity contribution in [1.29, 1.82) is 0 Å². The maximum absolute atomic E-state index is 13.0. The van der Waals surface area contributed by atoms with Crippen molar-refractivity contribution in [2.45, 2.75) is 38.9 Å². The summed E-state index contributed by atoms with van der Waals surface area (Å²) in [5.41, 5.74) is 2.02. The molecule has 176 valence electrons. The van der Waals surface area contributed by atoms with Crippen LogP contribution in [0.5, 0.6) is 0 Å². The molecule has 3 amide bonds. The molecule has 2 aromatic rings. The van der Waals surface area contributed by atoms with E-state index in [1.165, 1.54) is 0 Å². The number of urea groups is 1. The lowest BCUT2D eigenvalue weighted by molar-refractivity contribution is -0.0728. The normalized spacial score (nSPS) is 22.1. The number of likely N-dealkylation sites (tertiary alicyclic amines) is 1. The van der Waals surface area contributed by atoms with Crippen LogP contribution in [0.3, 0.4) is 0 Å². The van der Waals surface area contributed by atoms with Gasteiger partial charge in [-0.15, -0.1) is 0 Å². The summed E-state index contributed by atoms with van der Waals surface area (Å²) in [6.45, 7) is 8.93. The Labute approximate surface area is 196 Å². The van der Waals surface area contributed by atoms with Crippen molar-refractivity contribution < 1.29 is 14.3 Å². The van der Waals surface area contributed by atoms with E-state index in [2.05, 4.69) is 29.4 Å². The third kappa shape index (κ3) is 6.55. The van der Waals surface area contributed by atoms with Crippen LogP contribution in [-0.4, -0.2) is 66.7 Å². The van der Waals surface area contributed by atoms with Gasteiger partial charge in [0.05, 0.1) is 12.2 Å². The van der Waals surface area contributed by atoms with E-state index in [-0.39, 0.29) is 24.1 Å². The number of hydrogen-bond acceptors (Lipinski definition) is 4. The first-order chi connectivity index (χ1) is 16.0. The number of rotatable bonds is 5. The topological polar surface area (TPSA) is 73.9 Å². The summed E-state index contributed by atoms with van der Waals surface area (Å²) in [5.74, 6) is 0.684. The van der Waals surface area contributed by atoms with Crippen LogP contribution in [0.1, 0.15) is 37.0 Å². The molecule has 33 heavy (non-hydrogen) atoms. The lowest BCUT2D eigenvalue weighted by atomic mass is 9.95. The molecule has 7 heteroatoms. The molecule has 2 atom stereocenters. The molecule has 0 spiro atoms. The Morgan fingerprint density at radius 1 is 0.879 bits per heavy atom. The molecule has 0 aliphatic carbocycles. The predicted octanol–water partition coefficient (Wildman–Crippen LogP) is 4.29. The van der Waals surface area contributed by atoms with Gasteiger partial charge in [0.15, 0.2) is 0 Å². The van der Waals surface area contributed by atoms with Gasteiger partial charge in [0.2, 0.25) is 0 Å². The van der Waals surface area contributed by atoms with Crippen LogP contribution < -0.4 is 10.6 Å². The van der Waals surface area contributed by atoms with Gasteiger partial charge in [-0.05, 0) is 69.0 Å². The lowest BCUT2D eigenvalue weighted by Crippen LogP contribution is -2.48. The average Bonchev–Trinajstić information content (AvgIpc) is 2.79. The number of piperidine rings is 1. The number of morpholine rings is 1. The highest BCUT2D eigenvalue weighted by atomic mass is 16.5. The number of carbonyl (C=O) groups is 2. The number of benzene rings is 2. The van der Waals surface area contributed by atoms with Gasteiger partial charge in [-0.3, -0.25) is 9.69 Å². The Morgan fingerprint density at radius 2 is 1.45 bits per heavy atom. The van der Waals surface area contributed by atoms with Crippen LogP contribution in [0.2, 0.25) is 0 Å². The second-order valence-corrected chi connectivity index (χ2v) is 9.23. The van der Waals surface area contributed by atoms with Crippen molar-refractivity contribution in [3.63, 3.8) is 0 Å². The third-order valence-corrected chi connectivity index (χ3v) is 6.33. The molecule has 2 aliphatic heterocycles. The SMILES string of the molecule is CC1CN(CC2CCN(C(=O)c3ccc(NC(=O)Nc4ccccc4)cc3)CC2)CC(C)O1. The summed E-state index contributed by atoms with van der Waals surface area (Å²) >= 11 is 0. The molecule has 4 rings (SSSR count). The molecule has 0 aromatic heterocycles. The predicted molar refractivity (Wildman–Crippen MR) is 131 cm³/mol. The summed E-state index contributed by atoms with van der Waals surface area (Å²) in [7, 11) is 0. The van der Waals surface area contributed by atoms with Gasteiger partial charge in [0.1, 0.15) is 0 Å². The minimum atomic E-state index is -0.314. The first-order valence-corrected chi connectivity index (χ1v) is 11.9. The molecule has 2 unspecified atom stereocenters. The highest BCUT2D eigenvalue weighted by Crippen LogP contribution is 2.22. The molecule has 2 aromatic carbocycles. The molecule has 0 saturated carbocycles. The standard InChI is InChI=1S/C26H34N4O3/c1-19-16-29(17-20(2)33-19)18-21-12-14-30(15-13-21)25(31)22-8-10-24(11-9-22)28-26(32)27-23-6-4-3-5-7-23/h3-11,19-21H,12-18H2,1-2H3,(H2,27,28,32). The van der Waals surface area contributed by atoms with E-state index in [0.717, 1.165) is 51.3 Å². The largest absolute Gasteiger partial charge is 0.373 e. The Hall–Kier alpha value is -2.90. The zero-order valence-corrected chi connectivity index (χ0v) is 19.5. The van der Waals surface area contributed by atoms with Gasteiger partial charge in [0, 0.05) is 49.7 Å². The summed E-state index contributed by atoms with van der Waals surface area (Å²) in [6.07, 6.45) is 2.64. The van der Waals surface area contributed by atoms with Crippen LogP contribution >= 0.6 is 0 Å². The van der Waals surface area contributed by atoms with Gasteiger partial charge in [-0.2, -0.15) is 0 Å². The number of anilines is 2. The molecule has 0 bridgehead atoms. The Morgan fingerprint density at radius 3 is 2.06 bits per heavy atom. The quantitative estimate of drug-likeness (QED) is 0.713. The van der Waals surface area contributed by atoms with E-state index in [1.54, 1.807) is 24.3 Å². The van der Waals surface area contributed by atoms with Crippen molar-refractivity contribution >= 4 is 23.3 Å². The fourth-order valence-corrected chi connectivity index (χ4v) is 4.81. The van der Waals surface area contributed by atoms with Crippen LogP contribution in [0.4, 0.5) is 16.2 Å². The highest BCUT2D eigenvalue weighted by Gasteiger charge is 2.28. The number of nitrogens with one attached hydrogen (secondary N) is 2. The van der Waals surface area contributed by atoms with Crippen molar-refractivity contribution in [1.82, 2.24) is 9.80 Å². The van der Waals surface area contributed by atoms with Gasteiger partial charge in [0.25, 0.3) is 5.91 Å². The molecular formula is C26H34N4O3. The molecule has 0 radical (unpaired) electrons. The van der Waals surface area contributed by atoms with E-state index < -0.39 is 0 Å². The minimum absolute atomic E-state index is 0.0577. The fourth-order valence-electron chi connectivity index (χ4n) is 4.81. The van der Waals surface area contributed by atoms with E-state index in [0.29, 0.717) is 17.2 Å². The third-order valence-electron chi connectivity index (χ3n) is 6.33. The van der Waals surface area contributed by atoms with Gasteiger partial charge >= 0.3 is 6.03 Å². The maximum Gasteiger partial charge on any atom is 0.323 e. The van der Waals surface area contributed by atoms with Crippen LogP contribution in [0, 0.1) is 5.92 Å². The molecule has 2 N–H and O–H groups in total. The van der Waals surface area contributed by atoms with Crippen molar-refractivity contribution in [3.05, 3.63) is 60.2 Å². The zero-order chi connectivity index (χ0) is 23.2. The molecular weight excluding hydrogens is 416 g/mol. The van der Waals surface area contributed by atoms with E-state index >= 15 is 0 Å². The number of para-hydroxylation sites is 1. The highest BCUT2D eigenvalue weighted by molar-refractivity contribution is 6.00. The first kappa shape index (κ1) is 23.3. The van der Waals surface area contributed by atoms with Gasteiger partial charge in [-0.1, -0.05) is 18.2 Å². The molecule has 2 aliphatic rings. The molecule has 2 fully saturated rings. The van der Waals surface area contributed by atoms with Crippen LogP contribution in [0.25, 0.3) is 0 Å². The second kappa shape index (κ2) is 10.8. The maximum atomic E-state index is 13.0. The number of nitrogens with zero attached hydrogens (tertiary/aromatic N) is 2.